The third kappa shape index (κ3) is 4.91. The lowest BCUT2D eigenvalue weighted by molar-refractivity contribution is -0.124. The molecule has 3 rings (SSSR count). The molecule has 1 unspecified atom stereocenters. The monoisotopic (exact) mass is 371 g/mol. The van der Waals surface area contributed by atoms with Gasteiger partial charge in [-0.3, -0.25) is 4.79 Å². The van der Waals surface area contributed by atoms with Gasteiger partial charge in [0.2, 0.25) is 0 Å². The van der Waals surface area contributed by atoms with Crippen molar-refractivity contribution in [3.05, 3.63) is 54.1 Å². The summed E-state index contributed by atoms with van der Waals surface area (Å²) in [6, 6.07) is 14.1. The number of para-hydroxylation sites is 3. The van der Waals surface area contributed by atoms with Gasteiger partial charge in [0, 0.05) is 0 Å². The average molecular weight is 371 g/mol. The molecule has 0 aliphatic carbocycles. The Labute approximate surface area is 157 Å². The minimum atomic E-state index is -0.611. The Morgan fingerprint density at radius 1 is 1.11 bits per heavy atom. The highest BCUT2D eigenvalue weighted by atomic mass is 16.6. The molecule has 0 bridgehead atoms. The maximum absolute atomic E-state index is 12.2. The van der Waals surface area contributed by atoms with Crippen LogP contribution >= 0.6 is 0 Å². The first-order valence-electron chi connectivity index (χ1n) is 8.71. The highest BCUT2D eigenvalue weighted by molar-refractivity contribution is 5.93. The average Bonchev–Trinajstić information content (AvgIpc) is 2.71. The molecular formula is C20H21NO6. The Morgan fingerprint density at radius 2 is 1.85 bits per heavy atom. The van der Waals surface area contributed by atoms with E-state index in [0.717, 1.165) is 0 Å². The number of carbonyl (C=O) groups is 2. The molecule has 1 aliphatic rings. The molecule has 2 aromatic rings. The number of rotatable bonds is 7. The van der Waals surface area contributed by atoms with Crippen molar-refractivity contribution < 1.29 is 28.5 Å². The van der Waals surface area contributed by atoms with E-state index in [2.05, 4.69) is 5.32 Å². The SMILES string of the molecule is CCOc1ccccc1C(=O)OCC(=O)NCC1COc2ccccc2O1. The minimum Gasteiger partial charge on any atom is -0.493 e. The number of carbonyl (C=O) groups excluding carboxylic acids is 2. The van der Waals surface area contributed by atoms with Gasteiger partial charge in [-0.25, -0.2) is 4.79 Å². The van der Waals surface area contributed by atoms with Gasteiger partial charge in [-0.05, 0) is 31.2 Å². The van der Waals surface area contributed by atoms with Gasteiger partial charge >= 0.3 is 5.97 Å². The Bertz CT molecular complexity index is 807. The summed E-state index contributed by atoms with van der Waals surface area (Å²) in [6.45, 7) is 2.45. The van der Waals surface area contributed by atoms with Crippen LogP contribution in [-0.2, 0) is 9.53 Å². The van der Waals surface area contributed by atoms with Crippen molar-refractivity contribution in [2.45, 2.75) is 13.0 Å². The molecule has 27 heavy (non-hydrogen) atoms. The van der Waals surface area contributed by atoms with E-state index in [4.69, 9.17) is 18.9 Å². The van der Waals surface area contributed by atoms with Gasteiger partial charge in [0.1, 0.15) is 24.0 Å². The molecular weight excluding hydrogens is 350 g/mol. The second kappa shape index (κ2) is 8.93. The van der Waals surface area contributed by atoms with Crippen molar-refractivity contribution in [2.24, 2.45) is 0 Å². The van der Waals surface area contributed by atoms with Crippen LogP contribution in [0.1, 0.15) is 17.3 Å². The van der Waals surface area contributed by atoms with E-state index in [-0.39, 0.29) is 24.8 Å². The number of fused-ring (bicyclic) bond motifs is 1. The van der Waals surface area contributed by atoms with Crippen LogP contribution in [0.5, 0.6) is 17.2 Å². The highest BCUT2D eigenvalue weighted by Gasteiger charge is 2.21. The largest absolute Gasteiger partial charge is 0.493 e. The summed E-state index contributed by atoms with van der Waals surface area (Å²) in [5.74, 6) is 0.723. The van der Waals surface area contributed by atoms with E-state index in [0.29, 0.717) is 30.5 Å². The maximum atomic E-state index is 12.2. The Kier molecular flexibility index (Phi) is 6.14. The van der Waals surface area contributed by atoms with Gasteiger partial charge < -0.3 is 24.3 Å². The molecule has 1 heterocycles. The molecule has 0 spiro atoms. The zero-order valence-corrected chi connectivity index (χ0v) is 15.0. The molecule has 0 fully saturated rings. The summed E-state index contributed by atoms with van der Waals surface area (Å²) in [4.78, 5) is 24.1. The molecule has 1 amide bonds. The van der Waals surface area contributed by atoms with Crippen molar-refractivity contribution in [1.82, 2.24) is 5.32 Å². The van der Waals surface area contributed by atoms with Gasteiger partial charge in [-0.15, -0.1) is 0 Å². The van der Waals surface area contributed by atoms with E-state index in [1.807, 2.05) is 25.1 Å². The van der Waals surface area contributed by atoms with Crippen molar-refractivity contribution in [1.29, 1.82) is 0 Å². The van der Waals surface area contributed by atoms with Crippen LogP contribution in [0.3, 0.4) is 0 Å². The first-order chi connectivity index (χ1) is 13.2. The highest BCUT2D eigenvalue weighted by Crippen LogP contribution is 2.30. The standard InChI is InChI=1S/C20H21NO6/c1-2-24-16-8-4-3-7-15(16)20(23)26-13-19(22)21-11-14-12-25-17-9-5-6-10-18(17)27-14/h3-10,14H,2,11-13H2,1H3,(H,21,22). The third-order valence-corrected chi connectivity index (χ3v) is 3.84. The lowest BCUT2D eigenvalue weighted by atomic mass is 10.2. The molecule has 1 N–H and O–H groups in total. The minimum absolute atomic E-state index is 0.250. The smallest absolute Gasteiger partial charge is 0.342 e. The Balaban J connectivity index is 1.44. The first-order valence-corrected chi connectivity index (χ1v) is 8.71. The zero-order chi connectivity index (χ0) is 19.1. The number of ether oxygens (including phenoxy) is 4. The molecule has 2 aromatic carbocycles. The number of nitrogens with one attached hydrogen (secondary N) is 1. The van der Waals surface area contributed by atoms with Gasteiger partial charge in [-0.2, -0.15) is 0 Å². The second-order valence-corrected chi connectivity index (χ2v) is 5.81. The quantitative estimate of drug-likeness (QED) is 0.752. The number of hydrogen-bond acceptors (Lipinski definition) is 6. The van der Waals surface area contributed by atoms with Crippen molar-refractivity contribution >= 4 is 11.9 Å². The van der Waals surface area contributed by atoms with Gasteiger partial charge in [-0.1, -0.05) is 24.3 Å². The Hall–Kier alpha value is -3.22. The summed E-state index contributed by atoms with van der Waals surface area (Å²) >= 11 is 0. The summed E-state index contributed by atoms with van der Waals surface area (Å²) in [5.41, 5.74) is 0.285. The summed E-state index contributed by atoms with van der Waals surface area (Å²) in [7, 11) is 0. The fraction of sp³-hybridized carbons (Fsp3) is 0.300. The van der Waals surface area contributed by atoms with Crippen LogP contribution in [0.25, 0.3) is 0 Å². The van der Waals surface area contributed by atoms with E-state index in [1.54, 1.807) is 30.3 Å². The number of esters is 1. The normalized spacial score (nSPS) is 14.9. The summed E-state index contributed by atoms with van der Waals surface area (Å²) in [6.07, 6.45) is -0.307. The molecule has 7 heteroatoms. The summed E-state index contributed by atoms with van der Waals surface area (Å²) < 4.78 is 21.8. The molecule has 0 radical (unpaired) electrons. The molecule has 0 saturated heterocycles. The van der Waals surface area contributed by atoms with Crippen molar-refractivity contribution in [3.63, 3.8) is 0 Å². The fourth-order valence-corrected chi connectivity index (χ4v) is 2.57. The van der Waals surface area contributed by atoms with Gasteiger partial charge in [0.15, 0.2) is 18.1 Å². The molecule has 1 aliphatic heterocycles. The van der Waals surface area contributed by atoms with Crippen LogP contribution in [0.15, 0.2) is 48.5 Å². The van der Waals surface area contributed by atoms with Crippen molar-refractivity contribution in [2.75, 3.05) is 26.4 Å². The fourth-order valence-electron chi connectivity index (χ4n) is 2.57. The Morgan fingerprint density at radius 3 is 2.67 bits per heavy atom. The first kappa shape index (κ1) is 18.6. The van der Waals surface area contributed by atoms with Crippen LogP contribution in [0.4, 0.5) is 0 Å². The van der Waals surface area contributed by atoms with Crippen LogP contribution in [0, 0.1) is 0 Å². The van der Waals surface area contributed by atoms with Gasteiger partial charge in [0.25, 0.3) is 5.91 Å². The molecule has 142 valence electrons. The predicted octanol–water partition coefficient (Wildman–Crippen LogP) is 2.20. The summed E-state index contributed by atoms with van der Waals surface area (Å²) in [5, 5.41) is 2.68. The van der Waals surface area contributed by atoms with Crippen LogP contribution in [-0.4, -0.2) is 44.3 Å². The molecule has 0 saturated carbocycles. The molecule has 1 atom stereocenters. The van der Waals surface area contributed by atoms with Crippen LogP contribution in [0.2, 0.25) is 0 Å². The topological polar surface area (TPSA) is 83.1 Å². The number of benzene rings is 2. The predicted molar refractivity (Wildman–Crippen MR) is 97.3 cm³/mol. The number of amides is 1. The van der Waals surface area contributed by atoms with E-state index in [9.17, 15) is 9.59 Å². The molecule has 0 aromatic heterocycles. The zero-order valence-electron chi connectivity index (χ0n) is 15.0. The third-order valence-electron chi connectivity index (χ3n) is 3.84. The second-order valence-electron chi connectivity index (χ2n) is 5.81. The van der Waals surface area contributed by atoms with Crippen LogP contribution < -0.4 is 19.5 Å². The van der Waals surface area contributed by atoms with E-state index in [1.165, 1.54) is 0 Å². The molecule has 7 nitrogen and oxygen atoms in total. The van der Waals surface area contributed by atoms with Crippen molar-refractivity contribution in [3.8, 4) is 17.2 Å². The van der Waals surface area contributed by atoms with E-state index >= 15 is 0 Å². The van der Waals surface area contributed by atoms with E-state index < -0.39 is 11.9 Å². The number of hydrogen-bond donors (Lipinski definition) is 1. The maximum Gasteiger partial charge on any atom is 0.342 e. The lowest BCUT2D eigenvalue weighted by Crippen LogP contribution is -2.42. The van der Waals surface area contributed by atoms with Gasteiger partial charge in [0.05, 0.1) is 13.2 Å². The lowest BCUT2D eigenvalue weighted by Gasteiger charge is -2.26.